The van der Waals surface area contributed by atoms with Crippen LogP contribution in [0.5, 0.6) is 5.75 Å². The zero-order valence-corrected chi connectivity index (χ0v) is 11.6. The number of methoxy groups -OCH3 is 1. The van der Waals surface area contributed by atoms with Crippen LogP contribution in [0.15, 0.2) is 18.2 Å². The zero-order valence-electron chi connectivity index (χ0n) is 11.6. The van der Waals surface area contributed by atoms with Gasteiger partial charge in [0.2, 0.25) is 0 Å². The largest absolute Gasteiger partial charge is 0.495 e. The van der Waals surface area contributed by atoms with Crippen molar-refractivity contribution in [3.05, 3.63) is 29.3 Å². The van der Waals surface area contributed by atoms with Gasteiger partial charge in [0.05, 0.1) is 19.2 Å². The molecule has 1 rings (SSSR count). The first kappa shape index (κ1) is 15.1. The van der Waals surface area contributed by atoms with Crippen LogP contribution in [0.25, 0.3) is 0 Å². The molecule has 4 heteroatoms. The van der Waals surface area contributed by atoms with E-state index in [4.69, 9.17) is 10.5 Å². The SMILES string of the molecule is COc1ccc(C(=O)NCC(C)C)cc1C#CCN. The number of carbonyl (C=O) groups excluding carboxylic acids is 1. The van der Waals surface area contributed by atoms with Crippen LogP contribution in [-0.4, -0.2) is 26.1 Å². The van der Waals surface area contributed by atoms with Gasteiger partial charge in [0, 0.05) is 12.1 Å². The van der Waals surface area contributed by atoms with Crippen LogP contribution in [0, 0.1) is 17.8 Å². The number of nitrogens with one attached hydrogen (secondary N) is 1. The average Bonchev–Trinajstić information content (AvgIpc) is 2.42. The third-order valence-electron chi connectivity index (χ3n) is 2.46. The first-order valence-electron chi connectivity index (χ1n) is 6.23. The molecule has 0 radical (unpaired) electrons. The predicted molar refractivity (Wildman–Crippen MR) is 76.1 cm³/mol. The van der Waals surface area contributed by atoms with Crippen LogP contribution in [0.1, 0.15) is 29.8 Å². The lowest BCUT2D eigenvalue weighted by molar-refractivity contribution is 0.0949. The van der Waals surface area contributed by atoms with Gasteiger partial charge >= 0.3 is 0 Å². The van der Waals surface area contributed by atoms with E-state index in [-0.39, 0.29) is 12.5 Å². The number of benzene rings is 1. The van der Waals surface area contributed by atoms with Crippen molar-refractivity contribution in [3.63, 3.8) is 0 Å². The van der Waals surface area contributed by atoms with E-state index in [0.29, 0.717) is 29.3 Å². The first-order valence-corrected chi connectivity index (χ1v) is 6.23. The fraction of sp³-hybridized carbons (Fsp3) is 0.400. The minimum Gasteiger partial charge on any atom is -0.495 e. The van der Waals surface area contributed by atoms with Gasteiger partial charge in [-0.05, 0) is 24.1 Å². The molecule has 19 heavy (non-hydrogen) atoms. The van der Waals surface area contributed by atoms with Crippen molar-refractivity contribution in [2.45, 2.75) is 13.8 Å². The maximum Gasteiger partial charge on any atom is 0.251 e. The van der Waals surface area contributed by atoms with E-state index in [1.165, 1.54) is 0 Å². The molecule has 0 fully saturated rings. The smallest absolute Gasteiger partial charge is 0.251 e. The Labute approximate surface area is 114 Å². The summed E-state index contributed by atoms with van der Waals surface area (Å²) in [5, 5.41) is 2.87. The number of hydrogen-bond donors (Lipinski definition) is 2. The zero-order chi connectivity index (χ0) is 14.3. The van der Waals surface area contributed by atoms with E-state index in [9.17, 15) is 4.79 Å². The summed E-state index contributed by atoms with van der Waals surface area (Å²) in [6.45, 7) is 5.01. The van der Waals surface area contributed by atoms with Crippen LogP contribution >= 0.6 is 0 Å². The highest BCUT2D eigenvalue weighted by Gasteiger charge is 2.09. The summed E-state index contributed by atoms with van der Waals surface area (Å²) in [7, 11) is 1.57. The second kappa shape index (κ2) is 7.45. The van der Waals surface area contributed by atoms with Crippen molar-refractivity contribution < 1.29 is 9.53 Å². The topological polar surface area (TPSA) is 64.3 Å². The molecule has 4 nitrogen and oxygen atoms in total. The van der Waals surface area contributed by atoms with E-state index in [2.05, 4.69) is 17.2 Å². The van der Waals surface area contributed by atoms with Gasteiger partial charge in [-0.2, -0.15) is 0 Å². The highest BCUT2D eigenvalue weighted by atomic mass is 16.5. The summed E-state index contributed by atoms with van der Waals surface area (Å²) in [6.07, 6.45) is 0. The van der Waals surface area contributed by atoms with Crippen molar-refractivity contribution in [1.82, 2.24) is 5.32 Å². The number of amides is 1. The van der Waals surface area contributed by atoms with E-state index in [1.54, 1.807) is 25.3 Å². The van der Waals surface area contributed by atoms with Gasteiger partial charge in [-0.3, -0.25) is 4.79 Å². The van der Waals surface area contributed by atoms with Crippen molar-refractivity contribution in [2.24, 2.45) is 11.7 Å². The molecule has 3 N–H and O–H groups in total. The molecule has 1 amide bonds. The lowest BCUT2D eigenvalue weighted by Crippen LogP contribution is -2.27. The number of rotatable bonds is 4. The van der Waals surface area contributed by atoms with Crippen molar-refractivity contribution in [2.75, 3.05) is 20.2 Å². The molecule has 102 valence electrons. The number of carbonyl (C=O) groups is 1. The van der Waals surface area contributed by atoms with Gasteiger partial charge in [0.15, 0.2) is 0 Å². The molecule has 1 aromatic carbocycles. The minimum atomic E-state index is -0.104. The molecule has 0 spiro atoms. The molecular formula is C15H20N2O2. The summed E-state index contributed by atoms with van der Waals surface area (Å²) in [6, 6.07) is 5.18. The molecule has 0 heterocycles. The van der Waals surface area contributed by atoms with Gasteiger partial charge in [0.1, 0.15) is 5.75 Å². The first-order chi connectivity index (χ1) is 9.08. The fourth-order valence-electron chi connectivity index (χ4n) is 1.49. The molecule has 0 saturated heterocycles. The molecule has 0 aliphatic heterocycles. The monoisotopic (exact) mass is 260 g/mol. The van der Waals surface area contributed by atoms with Crippen LogP contribution in [0.4, 0.5) is 0 Å². The molecule has 1 aromatic rings. The minimum absolute atomic E-state index is 0.104. The van der Waals surface area contributed by atoms with Gasteiger partial charge in [0.25, 0.3) is 5.91 Å². The lowest BCUT2D eigenvalue weighted by atomic mass is 10.1. The van der Waals surface area contributed by atoms with Crippen molar-refractivity contribution >= 4 is 5.91 Å². The van der Waals surface area contributed by atoms with Crippen LogP contribution in [0.3, 0.4) is 0 Å². The van der Waals surface area contributed by atoms with E-state index < -0.39 is 0 Å². The van der Waals surface area contributed by atoms with Crippen molar-refractivity contribution in [1.29, 1.82) is 0 Å². The molecule has 0 saturated carbocycles. The molecule has 0 bridgehead atoms. The maximum absolute atomic E-state index is 11.9. The third kappa shape index (κ3) is 4.65. The second-order valence-corrected chi connectivity index (χ2v) is 4.52. The van der Waals surface area contributed by atoms with E-state index in [0.717, 1.165) is 0 Å². The summed E-state index contributed by atoms with van der Waals surface area (Å²) in [5.41, 5.74) is 6.60. The van der Waals surface area contributed by atoms with Gasteiger partial charge in [-0.25, -0.2) is 0 Å². The molecule has 0 aliphatic carbocycles. The molecule has 0 atom stereocenters. The highest BCUT2D eigenvalue weighted by molar-refractivity contribution is 5.94. The molecule has 0 aliphatic rings. The molecule has 0 unspecified atom stereocenters. The molecule has 0 aromatic heterocycles. The van der Waals surface area contributed by atoms with Gasteiger partial charge < -0.3 is 15.8 Å². The number of ether oxygens (including phenoxy) is 1. The van der Waals surface area contributed by atoms with E-state index >= 15 is 0 Å². The fourth-order valence-corrected chi connectivity index (χ4v) is 1.49. The van der Waals surface area contributed by atoms with Gasteiger partial charge in [-0.1, -0.05) is 25.7 Å². The standard InChI is InChI=1S/C15H20N2O2/c1-11(2)10-17-15(18)13-6-7-14(19-3)12(9-13)5-4-8-16/h6-7,9,11H,8,10,16H2,1-3H3,(H,17,18). The Morgan fingerprint density at radius 1 is 1.47 bits per heavy atom. The van der Waals surface area contributed by atoms with Crippen LogP contribution in [0.2, 0.25) is 0 Å². The summed E-state index contributed by atoms with van der Waals surface area (Å²) in [4.78, 5) is 11.9. The predicted octanol–water partition coefficient (Wildman–Crippen LogP) is 1.39. The van der Waals surface area contributed by atoms with Crippen LogP contribution in [-0.2, 0) is 0 Å². The quantitative estimate of drug-likeness (QED) is 0.804. The second-order valence-electron chi connectivity index (χ2n) is 4.52. The Balaban J connectivity index is 2.94. The number of hydrogen-bond acceptors (Lipinski definition) is 3. The Kier molecular flexibility index (Phi) is 5.91. The Bertz CT molecular complexity index is 499. The summed E-state index contributed by atoms with van der Waals surface area (Å²) >= 11 is 0. The Morgan fingerprint density at radius 3 is 2.79 bits per heavy atom. The van der Waals surface area contributed by atoms with Crippen LogP contribution < -0.4 is 15.8 Å². The normalized spacial score (nSPS) is 9.74. The maximum atomic E-state index is 11.9. The van der Waals surface area contributed by atoms with Gasteiger partial charge in [-0.15, -0.1) is 0 Å². The highest BCUT2D eigenvalue weighted by Crippen LogP contribution is 2.18. The third-order valence-corrected chi connectivity index (χ3v) is 2.46. The Morgan fingerprint density at radius 2 is 2.21 bits per heavy atom. The summed E-state index contributed by atoms with van der Waals surface area (Å²) < 4.78 is 5.20. The lowest BCUT2D eigenvalue weighted by Gasteiger charge is -2.09. The van der Waals surface area contributed by atoms with E-state index in [1.807, 2.05) is 13.8 Å². The van der Waals surface area contributed by atoms with Crippen molar-refractivity contribution in [3.8, 4) is 17.6 Å². The number of nitrogens with two attached hydrogens (primary N) is 1. The summed E-state index contributed by atoms with van der Waals surface area (Å²) in [5.74, 6) is 6.62. The Hall–Kier alpha value is -1.99. The molecular weight excluding hydrogens is 240 g/mol. The average molecular weight is 260 g/mol.